The summed E-state index contributed by atoms with van der Waals surface area (Å²) in [7, 11) is 0. The molecule has 2 fully saturated rings. The number of benzene rings is 1. The van der Waals surface area contributed by atoms with E-state index in [0.717, 1.165) is 89.3 Å². The molecule has 1 N–H and O–H groups in total. The van der Waals surface area contributed by atoms with Crippen molar-refractivity contribution < 1.29 is 4.79 Å². The Morgan fingerprint density at radius 3 is 2.52 bits per heavy atom. The van der Waals surface area contributed by atoms with E-state index < -0.39 is 0 Å². The standard InChI is InChI=1S/C23H31N5O/c29-22(23(11-4-5-12-23)19-6-2-1-3-7-19)27-15-10-20-25-26-21(28(20)17-16-27)18-8-13-24-14-9-18/h1-3,6-7,18,24H,4-5,8-17H2. The first-order valence-electron chi connectivity index (χ1n) is 11.3. The van der Waals surface area contributed by atoms with E-state index in [1.165, 1.54) is 5.56 Å². The minimum Gasteiger partial charge on any atom is -0.340 e. The van der Waals surface area contributed by atoms with Gasteiger partial charge in [-0.05, 0) is 44.3 Å². The van der Waals surface area contributed by atoms with Crippen LogP contribution in [0.15, 0.2) is 30.3 Å². The Labute approximate surface area is 172 Å². The fraction of sp³-hybridized carbons (Fsp3) is 0.609. The van der Waals surface area contributed by atoms with E-state index in [0.29, 0.717) is 11.8 Å². The number of hydrogen-bond donors (Lipinski definition) is 1. The molecule has 29 heavy (non-hydrogen) atoms. The number of fused-ring (bicyclic) bond motifs is 1. The fourth-order valence-electron chi connectivity index (χ4n) is 5.59. The molecule has 1 aromatic heterocycles. The van der Waals surface area contributed by atoms with Gasteiger partial charge in [0.25, 0.3) is 0 Å². The fourth-order valence-corrected chi connectivity index (χ4v) is 5.59. The van der Waals surface area contributed by atoms with Gasteiger partial charge in [0, 0.05) is 32.0 Å². The third-order valence-electron chi connectivity index (χ3n) is 7.24. The zero-order chi connectivity index (χ0) is 19.7. The molecule has 1 aromatic carbocycles. The highest BCUT2D eigenvalue weighted by Gasteiger charge is 2.45. The van der Waals surface area contributed by atoms with Gasteiger partial charge < -0.3 is 14.8 Å². The summed E-state index contributed by atoms with van der Waals surface area (Å²) in [6.45, 7) is 4.43. The maximum Gasteiger partial charge on any atom is 0.233 e. The predicted molar refractivity (Wildman–Crippen MR) is 112 cm³/mol. The van der Waals surface area contributed by atoms with Crippen LogP contribution in [0.2, 0.25) is 0 Å². The van der Waals surface area contributed by atoms with Gasteiger partial charge in [-0.15, -0.1) is 10.2 Å². The Balaban J connectivity index is 1.36. The second-order valence-electron chi connectivity index (χ2n) is 8.85. The van der Waals surface area contributed by atoms with Crippen LogP contribution in [0.25, 0.3) is 0 Å². The molecule has 3 aliphatic rings. The topological polar surface area (TPSA) is 63.1 Å². The van der Waals surface area contributed by atoms with Crippen molar-refractivity contribution in [3.8, 4) is 0 Å². The molecule has 154 valence electrons. The molecule has 1 saturated heterocycles. The molecule has 1 aliphatic carbocycles. The highest BCUT2D eigenvalue weighted by molar-refractivity contribution is 5.88. The van der Waals surface area contributed by atoms with E-state index in [1.807, 2.05) is 6.07 Å². The minimum absolute atomic E-state index is 0.323. The Bertz CT molecular complexity index is 849. The lowest BCUT2D eigenvalue weighted by Crippen LogP contribution is -2.46. The normalized spacial score (nSPS) is 22.3. The first-order chi connectivity index (χ1) is 14.3. The third-order valence-corrected chi connectivity index (χ3v) is 7.24. The summed E-state index contributed by atoms with van der Waals surface area (Å²) in [4.78, 5) is 15.9. The maximum atomic E-state index is 13.8. The highest BCUT2D eigenvalue weighted by atomic mass is 16.2. The summed E-state index contributed by atoms with van der Waals surface area (Å²) in [5.74, 6) is 3.00. The van der Waals surface area contributed by atoms with Crippen LogP contribution in [0, 0.1) is 0 Å². The van der Waals surface area contributed by atoms with Crippen LogP contribution in [-0.2, 0) is 23.2 Å². The molecule has 0 atom stereocenters. The number of nitrogens with zero attached hydrogens (tertiary/aromatic N) is 4. The summed E-state index contributed by atoms with van der Waals surface area (Å²) in [6.07, 6.45) is 7.27. The van der Waals surface area contributed by atoms with Crippen LogP contribution >= 0.6 is 0 Å². The smallest absolute Gasteiger partial charge is 0.233 e. The van der Waals surface area contributed by atoms with Gasteiger partial charge in [0.05, 0.1) is 5.41 Å². The second-order valence-corrected chi connectivity index (χ2v) is 8.85. The molecular formula is C23H31N5O. The maximum absolute atomic E-state index is 13.8. The van der Waals surface area contributed by atoms with Crippen molar-refractivity contribution in [3.63, 3.8) is 0 Å². The van der Waals surface area contributed by atoms with Crippen molar-refractivity contribution in [3.05, 3.63) is 47.5 Å². The Morgan fingerprint density at radius 1 is 1.00 bits per heavy atom. The molecule has 3 heterocycles. The number of piperidine rings is 1. The molecule has 0 radical (unpaired) electrons. The van der Waals surface area contributed by atoms with E-state index in [1.54, 1.807) is 0 Å². The molecule has 0 bridgehead atoms. The quantitative estimate of drug-likeness (QED) is 0.871. The summed E-state index contributed by atoms with van der Waals surface area (Å²) in [6, 6.07) is 10.5. The van der Waals surface area contributed by atoms with Gasteiger partial charge in [-0.25, -0.2) is 0 Å². The van der Waals surface area contributed by atoms with Crippen LogP contribution in [-0.4, -0.2) is 51.8 Å². The van der Waals surface area contributed by atoms with E-state index in [9.17, 15) is 4.79 Å². The van der Waals surface area contributed by atoms with E-state index >= 15 is 0 Å². The van der Waals surface area contributed by atoms with Crippen LogP contribution in [0.3, 0.4) is 0 Å². The van der Waals surface area contributed by atoms with E-state index in [2.05, 4.69) is 49.2 Å². The monoisotopic (exact) mass is 393 g/mol. The molecule has 6 heteroatoms. The molecule has 5 rings (SSSR count). The van der Waals surface area contributed by atoms with Crippen LogP contribution in [0.4, 0.5) is 0 Å². The highest BCUT2D eigenvalue weighted by Crippen LogP contribution is 2.42. The number of carbonyl (C=O) groups excluding carboxylic acids is 1. The summed E-state index contributed by atoms with van der Waals surface area (Å²) >= 11 is 0. The zero-order valence-electron chi connectivity index (χ0n) is 17.1. The number of rotatable bonds is 3. The van der Waals surface area contributed by atoms with Crippen molar-refractivity contribution in [2.24, 2.45) is 0 Å². The van der Waals surface area contributed by atoms with Gasteiger partial charge in [-0.1, -0.05) is 43.2 Å². The predicted octanol–water partition coefficient (Wildman–Crippen LogP) is 2.64. The zero-order valence-corrected chi connectivity index (χ0v) is 17.1. The molecular weight excluding hydrogens is 362 g/mol. The first kappa shape index (κ1) is 18.8. The van der Waals surface area contributed by atoms with Gasteiger partial charge in [0.1, 0.15) is 11.6 Å². The molecule has 2 aromatic rings. The van der Waals surface area contributed by atoms with Crippen molar-refractivity contribution in [1.82, 2.24) is 25.0 Å². The number of nitrogens with one attached hydrogen (secondary N) is 1. The summed E-state index contributed by atoms with van der Waals surface area (Å²) in [5, 5.41) is 12.5. The number of carbonyl (C=O) groups is 1. The van der Waals surface area contributed by atoms with Gasteiger partial charge in [0.2, 0.25) is 5.91 Å². The lowest BCUT2D eigenvalue weighted by atomic mass is 9.77. The van der Waals surface area contributed by atoms with Crippen molar-refractivity contribution in [2.75, 3.05) is 26.2 Å². The molecule has 1 saturated carbocycles. The van der Waals surface area contributed by atoms with E-state index in [4.69, 9.17) is 0 Å². The molecule has 0 unspecified atom stereocenters. The average molecular weight is 394 g/mol. The van der Waals surface area contributed by atoms with Crippen LogP contribution in [0.5, 0.6) is 0 Å². The van der Waals surface area contributed by atoms with Crippen molar-refractivity contribution in [2.45, 2.75) is 62.8 Å². The lowest BCUT2D eigenvalue weighted by Gasteiger charge is -2.34. The Hall–Kier alpha value is -2.21. The van der Waals surface area contributed by atoms with Gasteiger partial charge in [0.15, 0.2) is 0 Å². The van der Waals surface area contributed by atoms with Crippen molar-refractivity contribution >= 4 is 5.91 Å². The lowest BCUT2D eigenvalue weighted by molar-refractivity contribution is -0.137. The van der Waals surface area contributed by atoms with Gasteiger partial charge >= 0.3 is 0 Å². The summed E-state index contributed by atoms with van der Waals surface area (Å²) in [5.41, 5.74) is 0.866. The Kier molecular flexibility index (Phi) is 5.12. The Morgan fingerprint density at radius 2 is 1.76 bits per heavy atom. The number of aromatic nitrogens is 3. The third kappa shape index (κ3) is 3.37. The SMILES string of the molecule is O=C(N1CCc2nnc(C3CCNCC3)n2CC1)C1(c2ccccc2)CCCC1. The molecule has 1 amide bonds. The number of amides is 1. The van der Waals surface area contributed by atoms with Crippen LogP contribution < -0.4 is 5.32 Å². The molecule has 0 spiro atoms. The largest absolute Gasteiger partial charge is 0.340 e. The van der Waals surface area contributed by atoms with Crippen molar-refractivity contribution in [1.29, 1.82) is 0 Å². The molecule has 2 aliphatic heterocycles. The summed E-state index contributed by atoms with van der Waals surface area (Å²) < 4.78 is 2.31. The van der Waals surface area contributed by atoms with E-state index in [-0.39, 0.29) is 5.41 Å². The molecule has 6 nitrogen and oxygen atoms in total. The first-order valence-corrected chi connectivity index (χ1v) is 11.3. The number of hydrogen-bond acceptors (Lipinski definition) is 4. The van der Waals surface area contributed by atoms with Crippen LogP contribution in [0.1, 0.15) is 61.7 Å². The second kappa shape index (κ2) is 7.90. The van der Waals surface area contributed by atoms with Gasteiger partial charge in [-0.3, -0.25) is 4.79 Å². The average Bonchev–Trinajstić information content (AvgIpc) is 3.38. The minimum atomic E-state index is -0.330. The van der Waals surface area contributed by atoms with Gasteiger partial charge in [-0.2, -0.15) is 0 Å².